The summed E-state index contributed by atoms with van der Waals surface area (Å²) in [6.45, 7) is 6.38. The molecule has 4 nitrogen and oxygen atoms in total. The highest BCUT2D eigenvalue weighted by Gasteiger charge is 2.34. The average molecular weight is 264 g/mol. The van der Waals surface area contributed by atoms with Gasteiger partial charge in [-0.3, -0.25) is 4.79 Å². The number of rotatable bonds is 4. The summed E-state index contributed by atoms with van der Waals surface area (Å²) in [5, 5.41) is 9.95. The van der Waals surface area contributed by atoms with E-state index < -0.39 is 5.60 Å². The van der Waals surface area contributed by atoms with Crippen LogP contribution in [0, 0.1) is 0 Å². The van der Waals surface area contributed by atoms with Crippen molar-refractivity contribution in [1.82, 2.24) is 0 Å². The number of fused-ring (bicyclic) bond motifs is 1. The number of phenolic OH excluding ortho intramolecular Hbond substituents is 1. The zero-order valence-corrected chi connectivity index (χ0v) is 11.7. The Hall–Kier alpha value is -1.71. The predicted octanol–water partition coefficient (Wildman–Crippen LogP) is 3.31. The number of aromatic hydroxyl groups is 1. The fourth-order valence-electron chi connectivity index (χ4n) is 2.16. The smallest absolute Gasteiger partial charge is 0.174 e. The van der Waals surface area contributed by atoms with E-state index in [9.17, 15) is 9.90 Å². The zero-order chi connectivity index (χ0) is 14.0. The van der Waals surface area contributed by atoms with Crippen molar-refractivity contribution in [2.75, 3.05) is 6.61 Å². The lowest BCUT2D eigenvalue weighted by Gasteiger charge is -2.32. The summed E-state index contributed by atoms with van der Waals surface area (Å²) < 4.78 is 11.3. The van der Waals surface area contributed by atoms with Gasteiger partial charge in [-0.2, -0.15) is 0 Å². The number of carbonyl (C=O) groups excluding carboxylic acids is 1. The number of Topliss-reactive ketones (excluding diaryl/α,β-unsaturated/α-hetero) is 1. The normalized spacial score (nSPS) is 16.7. The lowest BCUT2D eigenvalue weighted by atomic mass is 9.92. The van der Waals surface area contributed by atoms with Gasteiger partial charge in [-0.1, -0.05) is 13.3 Å². The van der Waals surface area contributed by atoms with Crippen molar-refractivity contribution in [3.63, 3.8) is 0 Å². The first-order chi connectivity index (χ1) is 8.93. The Kier molecular flexibility index (Phi) is 3.69. The Morgan fingerprint density at radius 1 is 1.42 bits per heavy atom. The maximum Gasteiger partial charge on any atom is 0.174 e. The summed E-state index contributed by atoms with van der Waals surface area (Å²) in [5.74, 6) is 0.788. The molecule has 0 amide bonds. The molecule has 1 aliphatic heterocycles. The van der Waals surface area contributed by atoms with Crippen molar-refractivity contribution < 1.29 is 19.4 Å². The minimum Gasteiger partial charge on any atom is -0.507 e. The largest absolute Gasteiger partial charge is 0.507 e. The molecule has 1 aromatic carbocycles. The van der Waals surface area contributed by atoms with Crippen molar-refractivity contribution in [3.8, 4) is 17.2 Å². The number of hydrogen-bond donors (Lipinski definition) is 1. The van der Waals surface area contributed by atoms with E-state index in [2.05, 4.69) is 6.92 Å². The Bertz CT molecular complexity index is 491. The van der Waals surface area contributed by atoms with Gasteiger partial charge in [0.15, 0.2) is 5.78 Å². The molecule has 0 atom stereocenters. The zero-order valence-electron chi connectivity index (χ0n) is 11.7. The molecule has 4 heteroatoms. The van der Waals surface area contributed by atoms with E-state index in [-0.39, 0.29) is 23.5 Å². The van der Waals surface area contributed by atoms with Gasteiger partial charge in [0.1, 0.15) is 28.4 Å². The standard InChI is InChI=1S/C15H20O4/c1-4-5-6-18-10-7-11(16)14-12(17)9-15(2,3)19-13(14)8-10/h7-8,16H,4-6,9H2,1-3H3. The van der Waals surface area contributed by atoms with Crippen molar-refractivity contribution in [2.24, 2.45) is 0 Å². The number of hydrogen-bond acceptors (Lipinski definition) is 4. The summed E-state index contributed by atoms with van der Waals surface area (Å²) >= 11 is 0. The Labute approximate surface area is 113 Å². The summed E-state index contributed by atoms with van der Waals surface area (Å²) in [5.41, 5.74) is -0.277. The maximum absolute atomic E-state index is 12.0. The van der Waals surface area contributed by atoms with Crippen LogP contribution in [0.15, 0.2) is 12.1 Å². The first-order valence-corrected chi connectivity index (χ1v) is 6.65. The summed E-state index contributed by atoms with van der Waals surface area (Å²) in [7, 11) is 0. The third kappa shape index (κ3) is 3.00. The van der Waals surface area contributed by atoms with Gasteiger partial charge in [0.2, 0.25) is 0 Å². The molecule has 1 heterocycles. The molecule has 0 unspecified atom stereocenters. The van der Waals surface area contributed by atoms with Gasteiger partial charge in [0, 0.05) is 12.1 Å². The van der Waals surface area contributed by atoms with Crippen LogP contribution in [0.4, 0.5) is 0 Å². The Morgan fingerprint density at radius 3 is 2.84 bits per heavy atom. The molecular weight excluding hydrogens is 244 g/mol. The van der Waals surface area contributed by atoms with Crippen LogP contribution in [0.2, 0.25) is 0 Å². The van der Waals surface area contributed by atoms with Crippen molar-refractivity contribution in [2.45, 2.75) is 45.6 Å². The van der Waals surface area contributed by atoms with Crippen molar-refractivity contribution in [3.05, 3.63) is 17.7 Å². The third-order valence-electron chi connectivity index (χ3n) is 3.07. The van der Waals surface area contributed by atoms with E-state index in [1.165, 1.54) is 6.07 Å². The summed E-state index contributed by atoms with van der Waals surface area (Å²) in [4.78, 5) is 12.0. The van der Waals surface area contributed by atoms with Gasteiger partial charge < -0.3 is 14.6 Å². The molecule has 2 rings (SSSR count). The molecule has 0 bridgehead atoms. The lowest BCUT2D eigenvalue weighted by Crippen LogP contribution is -2.35. The second kappa shape index (κ2) is 5.11. The van der Waals surface area contributed by atoms with Crippen LogP contribution < -0.4 is 9.47 Å². The molecule has 1 N–H and O–H groups in total. The van der Waals surface area contributed by atoms with Crippen LogP contribution in [-0.2, 0) is 0 Å². The van der Waals surface area contributed by atoms with Gasteiger partial charge in [-0.05, 0) is 20.3 Å². The molecular formula is C15H20O4. The Morgan fingerprint density at radius 2 is 2.16 bits per heavy atom. The fourth-order valence-corrected chi connectivity index (χ4v) is 2.16. The molecule has 0 saturated carbocycles. The molecule has 1 aliphatic rings. The van der Waals surface area contributed by atoms with Crippen LogP contribution in [0.1, 0.15) is 50.4 Å². The van der Waals surface area contributed by atoms with E-state index in [4.69, 9.17) is 9.47 Å². The van der Waals surface area contributed by atoms with Crippen molar-refractivity contribution >= 4 is 5.78 Å². The number of benzene rings is 1. The van der Waals surface area contributed by atoms with Gasteiger partial charge in [-0.15, -0.1) is 0 Å². The molecule has 104 valence electrons. The molecule has 0 aromatic heterocycles. The maximum atomic E-state index is 12.0. The number of phenols is 1. The molecule has 1 aromatic rings. The van der Waals surface area contributed by atoms with E-state index in [0.29, 0.717) is 18.1 Å². The quantitative estimate of drug-likeness (QED) is 0.848. The Balaban J connectivity index is 2.29. The van der Waals surface area contributed by atoms with Gasteiger partial charge in [0.05, 0.1) is 13.0 Å². The highest BCUT2D eigenvalue weighted by atomic mass is 16.5. The predicted molar refractivity (Wildman–Crippen MR) is 72.2 cm³/mol. The van der Waals surface area contributed by atoms with Crippen LogP contribution >= 0.6 is 0 Å². The second-order valence-electron chi connectivity index (χ2n) is 5.48. The monoisotopic (exact) mass is 264 g/mol. The topological polar surface area (TPSA) is 55.8 Å². The summed E-state index contributed by atoms with van der Waals surface area (Å²) in [6.07, 6.45) is 2.26. The number of carbonyl (C=O) groups is 1. The first kappa shape index (κ1) is 13.7. The van der Waals surface area contributed by atoms with Crippen LogP contribution in [0.5, 0.6) is 17.2 Å². The minimum atomic E-state index is -0.543. The lowest BCUT2D eigenvalue weighted by molar-refractivity contribution is 0.0612. The van der Waals surface area contributed by atoms with Crippen LogP contribution in [0.25, 0.3) is 0 Å². The molecule has 0 spiro atoms. The minimum absolute atomic E-state index is 0.0653. The van der Waals surface area contributed by atoms with E-state index in [1.54, 1.807) is 6.07 Å². The molecule has 0 saturated heterocycles. The highest BCUT2D eigenvalue weighted by molar-refractivity contribution is 6.03. The van der Waals surface area contributed by atoms with Crippen LogP contribution in [0.3, 0.4) is 0 Å². The molecule has 19 heavy (non-hydrogen) atoms. The summed E-state index contributed by atoms with van der Waals surface area (Å²) in [6, 6.07) is 3.16. The number of ketones is 1. The average Bonchev–Trinajstić information content (AvgIpc) is 2.26. The van der Waals surface area contributed by atoms with Crippen LogP contribution in [-0.4, -0.2) is 23.1 Å². The van der Waals surface area contributed by atoms with E-state index >= 15 is 0 Å². The van der Waals surface area contributed by atoms with Gasteiger partial charge >= 0.3 is 0 Å². The van der Waals surface area contributed by atoms with E-state index in [0.717, 1.165) is 12.8 Å². The van der Waals surface area contributed by atoms with Gasteiger partial charge in [0.25, 0.3) is 0 Å². The molecule has 0 fully saturated rings. The highest BCUT2D eigenvalue weighted by Crippen LogP contribution is 2.40. The second-order valence-corrected chi connectivity index (χ2v) is 5.48. The molecule has 0 aliphatic carbocycles. The molecule has 0 radical (unpaired) electrons. The van der Waals surface area contributed by atoms with Crippen molar-refractivity contribution in [1.29, 1.82) is 0 Å². The number of ether oxygens (including phenoxy) is 2. The third-order valence-corrected chi connectivity index (χ3v) is 3.07. The van der Waals surface area contributed by atoms with E-state index in [1.807, 2.05) is 13.8 Å². The first-order valence-electron chi connectivity index (χ1n) is 6.65. The fraction of sp³-hybridized carbons (Fsp3) is 0.533. The SMILES string of the molecule is CCCCOc1cc(O)c2c(c1)OC(C)(C)CC2=O. The van der Waals surface area contributed by atoms with Gasteiger partial charge in [-0.25, -0.2) is 0 Å². The number of unbranched alkanes of at least 4 members (excludes halogenated alkanes) is 1.